The number of rotatable bonds is 5. The van der Waals surface area contributed by atoms with Crippen LogP contribution in [0.25, 0.3) is 0 Å². The van der Waals surface area contributed by atoms with Gasteiger partial charge < -0.3 is 0 Å². The third kappa shape index (κ3) is 3.84. The summed E-state index contributed by atoms with van der Waals surface area (Å²) in [6.07, 6.45) is 11.3. The second kappa shape index (κ2) is 6.58. The lowest BCUT2D eigenvalue weighted by Gasteiger charge is -2.21. The second-order valence-electron chi connectivity index (χ2n) is 5.38. The molecule has 2 nitrogen and oxygen atoms in total. The van der Waals surface area contributed by atoms with Crippen LogP contribution in [0.4, 0.5) is 0 Å². The fourth-order valence-electron chi connectivity index (χ4n) is 2.53. The van der Waals surface area contributed by atoms with Gasteiger partial charge in [-0.05, 0) is 37.7 Å². The van der Waals surface area contributed by atoms with Crippen molar-refractivity contribution < 1.29 is 0 Å². The van der Waals surface area contributed by atoms with E-state index in [2.05, 4.69) is 39.8 Å². The van der Waals surface area contributed by atoms with Gasteiger partial charge in [-0.2, -0.15) is 5.10 Å². The van der Waals surface area contributed by atoms with Crippen molar-refractivity contribution in [3.63, 3.8) is 0 Å². The van der Waals surface area contributed by atoms with E-state index < -0.39 is 0 Å². The molecule has 96 valence electrons. The predicted molar refractivity (Wildman–Crippen MR) is 75.6 cm³/mol. The van der Waals surface area contributed by atoms with Gasteiger partial charge in [0.25, 0.3) is 0 Å². The van der Waals surface area contributed by atoms with E-state index in [4.69, 9.17) is 5.10 Å². The predicted octanol–water partition coefficient (Wildman–Crippen LogP) is 4.35. The van der Waals surface area contributed by atoms with Gasteiger partial charge in [-0.3, -0.25) is 4.68 Å². The Hall–Kier alpha value is -0.310. The molecule has 0 bridgehead atoms. The molecule has 0 radical (unpaired) electrons. The Morgan fingerprint density at radius 1 is 1.41 bits per heavy atom. The van der Waals surface area contributed by atoms with E-state index in [9.17, 15) is 0 Å². The SMILES string of the molecule is CC(CBr)CCc1ccn(C2CCCCC2)n1. The maximum atomic E-state index is 4.74. The maximum Gasteiger partial charge on any atom is 0.0624 e. The molecule has 1 heterocycles. The van der Waals surface area contributed by atoms with Gasteiger partial charge in [0.1, 0.15) is 0 Å². The average Bonchev–Trinajstić information content (AvgIpc) is 2.86. The quantitative estimate of drug-likeness (QED) is 0.739. The highest BCUT2D eigenvalue weighted by atomic mass is 79.9. The van der Waals surface area contributed by atoms with Crippen LogP contribution < -0.4 is 0 Å². The molecule has 3 heteroatoms. The molecule has 0 aliphatic heterocycles. The summed E-state index contributed by atoms with van der Waals surface area (Å²) in [4.78, 5) is 0. The van der Waals surface area contributed by atoms with Crippen LogP contribution in [0.1, 0.15) is 57.2 Å². The van der Waals surface area contributed by atoms with Crippen molar-refractivity contribution >= 4 is 15.9 Å². The van der Waals surface area contributed by atoms with Crippen LogP contribution >= 0.6 is 15.9 Å². The minimum atomic E-state index is 0.672. The van der Waals surface area contributed by atoms with E-state index in [1.54, 1.807) is 0 Å². The molecule has 0 aromatic carbocycles. The second-order valence-corrected chi connectivity index (χ2v) is 6.02. The van der Waals surface area contributed by atoms with E-state index in [-0.39, 0.29) is 0 Å². The van der Waals surface area contributed by atoms with Crippen molar-refractivity contribution in [2.24, 2.45) is 5.92 Å². The molecule has 0 saturated heterocycles. The first-order valence-corrected chi connectivity index (χ1v) is 8.01. The summed E-state index contributed by atoms with van der Waals surface area (Å²) in [5.41, 5.74) is 1.27. The normalized spacial score (nSPS) is 19.4. The summed E-state index contributed by atoms with van der Waals surface area (Å²) >= 11 is 3.53. The van der Waals surface area contributed by atoms with Gasteiger partial charge in [0.05, 0.1) is 11.7 Å². The summed E-state index contributed by atoms with van der Waals surface area (Å²) in [5, 5.41) is 5.84. The lowest BCUT2D eigenvalue weighted by atomic mass is 9.96. The Morgan fingerprint density at radius 3 is 2.88 bits per heavy atom. The monoisotopic (exact) mass is 298 g/mol. The van der Waals surface area contributed by atoms with Gasteiger partial charge >= 0.3 is 0 Å². The molecule has 1 aliphatic carbocycles. The summed E-state index contributed by atoms with van der Waals surface area (Å²) in [5.74, 6) is 0.745. The van der Waals surface area contributed by atoms with E-state index in [1.165, 1.54) is 44.2 Å². The Bertz CT molecular complexity index is 329. The molecule has 1 fully saturated rings. The number of hydrogen-bond acceptors (Lipinski definition) is 1. The molecule has 1 aromatic heterocycles. The topological polar surface area (TPSA) is 17.8 Å². The van der Waals surface area contributed by atoms with Crippen molar-refractivity contribution in [3.05, 3.63) is 18.0 Å². The fraction of sp³-hybridized carbons (Fsp3) is 0.786. The van der Waals surface area contributed by atoms with E-state index in [0.717, 1.165) is 17.7 Å². The standard InChI is InChI=1S/C14H23BrN2/c1-12(11-15)7-8-13-9-10-17(16-13)14-5-3-2-4-6-14/h9-10,12,14H,2-8,11H2,1H3. The van der Waals surface area contributed by atoms with Crippen LogP contribution in [0.5, 0.6) is 0 Å². The highest BCUT2D eigenvalue weighted by molar-refractivity contribution is 9.09. The minimum Gasteiger partial charge on any atom is -0.269 e. The maximum absolute atomic E-state index is 4.74. The van der Waals surface area contributed by atoms with Gasteiger partial charge in [0, 0.05) is 11.5 Å². The molecular weight excluding hydrogens is 276 g/mol. The van der Waals surface area contributed by atoms with Crippen LogP contribution in [0, 0.1) is 5.92 Å². The van der Waals surface area contributed by atoms with Gasteiger partial charge in [-0.25, -0.2) is 0 Å². The summed E-state index contributed by atoms with van der Waals surface area (Å²) in [6, 6.07) is 2.88. The smallest absolute Gasteiger partial charge is 0.0624 e. The molecule has 1 atom stereocenters. The van der Waals surface area contributed by atoms with E-state index >= 15 is 0 Å². The Kier molecular flexibility index (Phi) is 5.08. The molecule has 1 saturated carbocycles. The van der Waals surface area contributed by atoms with Crippen LogP contribution in [-0.4, -0.2) is 15.1 Å². The highest BCUT2D eigenvalue weighted by Gasteiger charge is 2.15. The Labute approximate surface area is 113 Å². The molecular formula is C14H23BrN2. The van der Waals surface area contributed by atoms with Gasteiger partial charge in [-0.1, -0.05) is 42.1 Å². The largest absolute Gasteiger partial charge is 0.269 e. The van der Waals surface area contributed by atoms with Crippen LogP contribution in [0.15, 0.2) is 12.3 Å². The zero-order valence-electron chi connectivity index (χ0n) is 10.7. The number of hydrogen-bond donors (Lipinski definition) is 0. The third-order valence-corrected chi connectivity index (χ3v) is 4.87. The van der Waals surface area contributed by atoms with Crippen LogP contribution in [-0.2, 0) is 6.42 Å². The molecule has 1 unspecified atom stereocenters. The number of aryl methyl sites for hydroxylation is 1. The van der Waals surface area contributed by atoms with Gasteiger partial charge in [-0.15, -0.1) is 0 Å². The highest BCUT2D eigenvalue weighted by Crippen LogP contribution is 2.27. The van der Waals surface area contributed by atoms with Crippen molar-refractivity contribution in [2.75, 3.05) is 5.33 Å². The Balaban J connectivity index is 1.86. The van der Waals surface area contributed by atoms with Crippen molar-refractivity contribution in [1.29, 1.82) is 0 Å². The number of halogens is 1. The molecule has 1 aliphatic rings. The molecule has 0 N–H and O–H groups in total. The van der Waals surface area contributed by atoms with Gasteiger partial charge in [0.15, 0.2) is 0 Å². The Morgan fingerprint density at radius 2 is 2.18 bits per heavy atom. The number of nitrogens with zero attached hydrogens (tertiary/aromatic N) is 2. The molecule has 1 aromatic rings. The zero-order valence-corrected chi connectivity index (χ0v) is 12.3. The fourth-order valence-corrected chi connectivity index (χ4v) is 2.85. The summed E-state index contributed by atoms with van der Waals surface area (Å²) in [6.45, 7) is 2.28. The first kappa shape index (κ1) is 13.1. The number of alkyl halides is 1. The lowest BCUT2D eigenvalue weighted by molar-refractivity contribution is 0.328. The minimum absolute atomic E-state index is 0.672. The lowest BCUT2D eigenvalue weighted by Crippen LogP contribution is -2.13. The summed E-state index contributed by atoms with van der Waals surface area (Å²) in [7, 11) is 0. The first-order valence-electron chi connectivity index (χ1n) is 6.89. The molecule has 0 spiro atoms. The van der Waals surface area contributed by atoms with Crippen molar-refractivity contribution in [3.8, 4) is 0 Å². The van der Waals surface area contributed by atoms with Gasteiger partial charge in [0.2, 0.25) is 0 Å². The first-order chi connectivity index (χ1) is 8.29. The number of aromatic nitrogens is 2. The van der Waals surface area contributed by atoms with E-state index in [1.807, 2.05) is 0 Å². The molecule has 2 rings (SSSR count). The summed E-state index contributed by atoms with van der Waals surface area (Å²) < 4.78 is 2.22. The average molecular weight is 299 g/mol. The molecule has 0 amide bonds. The van der Waals surface area contributed by atoms with Crippen molar-refractivity contribution in [2.45, 2.75) is 57.9 Å². The molecule has 17 heavy (non-hydrogen) atoms. The zero-order chi connectivity index (χ0) is 12.1. The van der Waals surface area contributed by atoms with E-state index in [0.29, 0.717) is 6.04 Å². The van der Waals surface area contributed by atoms with Crippen molar-refractivity contribution in [1.82, 2.24) is 9.78 Å². The van der Waals surface area contributed by atoms with Crippen LogP contribution in [0.2, 0.25) is 0 Å². The third-order valence-electron chi connectivity index (χ3n) is 3.77. The van der Waals surface area contributed by atoms with Crippen LogP contribution in [0.3, 0.4) is 0 Å².